The number of aliphatic hydroxyl groups is 3. The molecule has 2 aromatic rings. The molecule has 3 aliphatic heterocycles. The van der Waals surface area contributed by atoms with E-state index in [2.05, 4.69) is 15.1 Å². The molecule has 5 heterocycles. The number of anilines is 1. The van der Waals surface area contributed by atoms with E-state index in [-0.39, 0.29) is 5.52 Å². The van der Waals surface area contributed by atoms with Crippen LogP contribution in [0.4, 0.5) is 5.95 Å². The van der Waals surface area contributed by atoms with Gasteiger partial charge in [-0.1, -0.05) is 0 Å². The number of aromatic nitrogens is 4. The number of fused-ring (bicyclic) bond motifs is 2. The number of nitrogens with zero attached hydrogens (tertiary/aromatic N) is 4. The molecule has 0 radical (unpaired) electrons. The summed E-state index contributed by atoms with van der Waals surface area (Å²) in [6.45, 7) is -0.428. The van der Waals surface area contributed by atoms with Crippen molar-refractivity contribution >= 4 is 40.8 Å². The summed E-state index contributed by atoms with van der Waals surface area (Å²) in [6, 6.07) is 0. The molecule has 5 rings (SSSR count). The SMILES string of the molecule is O=c1nc2n3c4c1nc(n4C1OC(CO)C(O)C1O)P3(=S)N2. The number of hydrogen-bond acceptors (Lipinski definition) is 8. The molecule has 12 heteroatoms. The van der Waals surface area contributed by atoms with Gasteiger partial charge in [0.25, 0.3) is 0 Å². The summed E-state index contributed by atoms with van der Waals surface area (Å²) in [5.41, 5.74) is 0.566. The second kappa shape index (κ2) is 3.75. The fraction of sp³-hybridized carbons (Fsp3) is 0.500. The molecule has 0 amide bonds. The van der Waals surface area contributed by atoms with Gasteiger partial charge in [-0.05, 0) is 11.8 Å². The first-order valence-electron chi connectivity index (χ1n) is 6.54. The van der Waals surface area contributed by atoms with Crippen LogP contribution >= 0.6 is 6.34 Å². The molecule has 0 saturated carbocycles. The van der Waals surface area contributed by atoms with Crippen molar-refractivity contribution in [2.75, 3.05) is 11.7 Å². The molecule has 5 unspecified atom stereocenters. The van der Waals surface area contributed by atoms with Gasteiger partial charge in [0, 0.05) is 0 Å². The first kappa shape index (κ1) is 13.1. The molecule has 3 aliphatic rings. The van der Waals surface area contributed by atoms with Gasteiger partial charge in [-0.3, -0.25) is 9.36 Å². The van der Waals surface area contributed by atoms with Gasteiger partial charge in [0.15, 0.2) is 29.3 Å². The first-order chi connectivity index (χ1) is 10.5. The Bertz CT molecular complexity index is 955. The molecule has 116 valence electrons. The van der Waals surface area contributed by atoms with Gasteiger partial charge in [0.1, 0.15) is 18.3 Å². The molecular formula is C10H10N5O5PS. The third-order valence-electron chi connectivity index (χ3n) is 4.25. The van der Waals surface area contributed by atoms with E-state index in [1.165, 1.54) is 0 Å². The topological polar surface area (TPSA) is 135 Å². The van der Waals surface area contributed by atoms with Crippen LogP contribution in [0.25, 0.3) is 11.2 Å². The van der Waals surface area contributed by atoms with Gasteiger partial charge in [-0.15, -0.1) is 0 Å². The highest BCUT2D eigenvalue weighted by molar-refractivity contribution is 8.19. The molecule has 0 spiro atoms. The Morgan fingerprint density at radius 1 is 1.36 bits per heavy atom. The summed E-state index contributed by atoms with van der Waals surface area (Å²) >= 11 is 5.59. The minimum atomic E-state index is -2.35. The molecule has 0 aromatic carbocycles. The first-order valence-corrected chi connectivity index (χ1v) is 9.30. The summed E-state index contributed by atoms with van der Waals surface area (Å²) < 4.78 is 8.83. The summed E-state index contributed by atoms with van der Waals surface area (Å²) in [5, 5.41) is 32.3. The second-order valence-corrected chi connectivity index (χ2v) is 9.18. The van der Waals surface area contributed by atoms with Gasteiger partial charge in [-0.2, -0.15) is 4.98 Å². The molecule has 2 bridgehead atoms. The second-order valence-electron chi connectivity index (χ2n) is 5.42. The standard InChI is InChI=1S/C10H10N5O5PS/c16-1-2-4(17)5(18)8(20-2)14-7-3-6(19)12-9-13-21(22,15(7)9)10(14)11-3/h2,4-5,8,16-18H,1H2,(H,12,13,19,22). The Balaban J connectivity index is 1.78. The normalized spacial score (nSPS) is 37.8. The highest BCUT2D eigenvalue weighted by Crippen LogP contribution is 2.61. The minimum absolute atomic E-state index is 0.165. The van der Waals surface area contributed by atoms with E-state index in [0.29, 0.717) is 17.2 Å². The smallest absolute Gasteiger partial charge is 0.302 e. The predicted octanol–water partition coefficient (Wildman–Crippen LogP) is -2.57. The van der Waals surface area contributed by atoms with Crippen LogP contribution in [0.5, 0.6) is 0 Å². The molecule has 22 heavy (non-hydrogen) atoms. The van der Waals surface area contributed by atoms with Gasteiger partial charge < -0.3 is 25.1 Å². The number of rotatable bonds is 2. The van der Waals surface area contributed by atoms with Gasteiger partial charge in [-0.25, -0.2) is 9.32 Å². The summed E-state index contributed by atoms with van der Waals surface area (Å²) in [7, 11) is 0. The number of ether oxygens (including phenoxy) is 1. The molecule has 0 aliphatic carbocycles. The number of hydrogen-bond donors (Lipinski definition) is 4. The van der Waals surface area contributed by atoms with Crippen LogP contribution in [-0.4, -0.2) is 59.1 Å². The zero-order valence-electron chi connectivity index (χ0n) is 10.8. The molecule has 1 saturated heterocycles. The van der Waals surface area contributed by atoms with Crippen LogP contribution in [0.15, 0.2) is 4.79 Å². The third-order valence-corrected chi connectivity index (χ3v) is 7.81. The van der Waals surface area contributed by atoms with Gasteiger partial charge in [0.05, 0.1) is 6.61 Å². The zero-order valence-corrected chi connectivity index (χ0v) is 12.5. The fourth-order valence-electron chi connectivity index (χ4n) is 3.22. The van der Waals surface area contributed by atoms with Crippen molar-refractivity contribution < 1.29 is 20.1 Å². The fourth-order valence-corrected chi connectivity index (χ4v) is 6.52. The Morgan fingerprint density at radius 2 is 2.14 bits per heavy atom. The maximum absolute atomic E-state index is 11.9. The molecule has 2 aromatic heterocycles. The van der Waals surface area contributed by atoms with E-state index >= 15 is 0 Å². The third kappa shape index (κ3) is 1.20. The van der Waals surface area contributed by atoms with E-state index in [1.807, 2.05) is 0 Å². The number of nitrogens with one attached hydrogen (secondary N) is 1. The molecule has 1 fully saturated rings. The van der Waals surface area contributed by atoms with E-state index in [9.17, 15) is 20.1 Å². The Kier molecular flexibility index (Phi) is 2.24. The predicted molar refractivity (Wildman–Crippen MR) is 77.7 cm³/mol. The highest BCUT2D eigenvalue weighted by atomic mass is 32.4. The lowest BCUT2D eigenvalue weighted by atomic mass is 10.1. The molecular weight excluding hydrogens is 333 g/mol. The van der Waals surface area contributed by atoms with Crippen LogP contribution < -0.4 is 16.2 Å². The Labute approximate surface area is 127 Å². The maximum Gasteiger partial charge on any atom is 0.302 e. The average Bonchev–Trinajstić information content (AvgIpc) is 3.03. The Hall–Kier alpha value is -1.36. The summed E-state index contributed by atoms with van der Waals surface area (Å²) in [5.74, 6) is 0.383. The molecule has 10 nitrogen and oxygen atoms in total. The van der Waals surface area contributed by atoms with Crippen molar-refractivity contribution in [3.8, 4) is 0 Å². The van der Waals surface area contributed by atoms with Crippen molar-refractivity contribution in [2.24, 2.45) is 0 Å². The van der Waals surface area contributed by atoms with E-state index in [4.69, 9.17) is 16.5 Å². The molecule has 4 N–H and O–H groups in total. The summed E-state index contributed by atoms with van der Waals surface area (Å²) in [4.78, 5) is 20.1. The largest absolute Gasteiger partial charge is 0.394 e. The average molecular weight is 343 g/mol. The lowest BCUT2D eigenvalue weighted by molar-refractivity contribution is -0.0494. The minimum Gasteiger partial charge on any atom is -0.394 e. The maximum atomic E-state index is 11.9. The van der Waals surface area contributed by atoms with Crippen molar-refractivity contribution in [3.63, 3.8) is 0 Å². The van der Waals surface area contributed by atoms with Crippen molar-refractivity contribution in [2.45, 2.75) is 24.5 Å². The lowest BCUT2D eigenvalue weighted by Gasteiger charge is -2.33. The van der Waals surface area contributed by atoms with E-state index < -0.39 is 43.0 Å². The van der Waals surface area contributed by atoms with Crippen LogP contribution in [-0.2, 0) is 16.5 Å². The van der Waals surface area contributed by atoms with Crippen LogP contribution in [0, 0.1) is 0 Å². The van der Waals surface area contributed by atoms with Gasteiger partial charge >= 0.3 is 5.56 Å². The van der Waals surface area contributed by atoms with Crippen molar-refractivity contribution in [1.29, 1.82) is 0 Å². The number of aliphatic hydroxyl groups excluding tert-OH is 3. The lowest BCUT2D eigenvalue weighted by Crippen LogP contribution is -2.36. The Morgan fingerprint density at radius 3 is 2.82 bits per heavy atom. The summed E-state index contributed by atoms with van der Waals surface area (Å²) in [6.07, 6.45) is -6.70. The monoisotopic (exact) mass is 343 g/mol. The zero-order chi connectivity index (χ0) is 15.4. The van der Waals surface area contributed by atoms with Crippen molar-refractivity contribution in [1.82, 2.24) is 18.9 Å². The van der Waals surface area contributed by atoms with Gasteiger partial charge in [0.2, 0.25) is 5.95 Å². The van der Waals surface area contributed by atoms with E-state index in [1.54, 1.807) is 8.90 Å². The van der Waals surface area contributed by atoms with Crippen LogP contribution in [0.3, 0.4) is 0 Å². The van der Waals surface area contributed by atoms with E-state index in [0.717, 1.165) is 0 Å². The van der Waals surface area contributed by atoms with Crippen molar-refractivity contribution in [3.05, 3.63) is 10.4 Å². The highest BCUT2D eigenvalue weighted by Gasteiger charge is 2.53. The number of imidazole rings is 1. The quantitative estimate of drug-likeness (QED) is 0.434. The molecule has 5 atom stereocenters. The van der Waals surface area contributed by atoms with Crippen LogP contribution in [0.1, 0.15) is 6.23 Å². The van der Waals surface area contributed by atoms with Crippen LogP contribution in [0.2, 0.25) is 0 Å².